The summed E-state index contributed by atoms with van der Waals surface area (Å²) in [5.74, 6) is 0. The summed E-state index contributed by atoms with van der Waals surface area (Å²) in [5, 5.41) is 2.25. The van der Waals surface area contributed by atoms with Crippen molar-refractivity contribution in [2.75, 3.05) is 0 Å². The molecule has 0 N–H and O–H groups in total. The first-order valence-electron chi connectivity index (χ1n) is 9.58. The topological polar surface area (TPSA) is 13.1 Å². The Morgan fingerprint density at radius 1 is 0.759 bits per heavy atom. The van der Waals surface area contributed by atoms with E-state index in [0.29, 0.717) is 0 Å². The fourth-order valence-corrected chi connectivity index (χ4v) is 4.31. The van der Waals surface area contributed by atoms with Crippen molar-refractivity contribution in [3.8, 4) is 11.1 Å². The van der Waals surface area contributed by atoms with Gasteiger partial charge in [0.15, 0.2) is 0 Å². The molecule has 0 saturated heterocycles. The van der Waals surface area contributed by atoms with Gasteiger partial charge in [0.1, 0.15) is 11.2 Å². The lowest BCUT2D eigenvalue weighted by Crippen LogP contribution is -1.93. The zero-order chi connectivity index (χ0) is 20.0. The highest BCUT2D eigenvalue weighted by Crippen LogP contribution is 2.37. The Bertz CT molecular complexity index is 1390. The number of furan rings is 1. The number of benzene rings is 4. The summed E-state index contributed by atoms with van der Waals surface area (Å²) in [4.78, 5) is 0. The first kappa shape index (κ1) is 18.0. The highest BCUT2D eigenvalue weighted by molar-refractivity contribution is 9.10. The Labute approximate surface area is 178 Å². The molecule has 0 amide bonds. The first-order chi connectivity index (χ1) is 14.1. The summed E-state index contributed by atoms with van der Waals surface area (Å²) in [6.07, 6.45) is 0. The van der Waals surface area contributed by atoms with Crippen LogP contribution in [0.4, 0.5) is 0 Å². The third-order valence-corrected chi connectivity index (χ3v) is 5.96. The van der Waals surface area contributed by atoms with E-state index >= 15 is 0 Å². The molecule has 0 unspecified atom stereocenters. The monoisotopic (exact) mass is 438 g/mol. The van der Waals surface area contributed by atoms with Crippen LogP contribution in [0.2, 0.25) is 0 Å². The second-order valence-electron chi connectivity index (χ2n) is 7.29. The second-order valence-corrected chi connectivity index (χ2v) is 8.21. The maximum absolute atomic E-state index is 5.98. The minimum absolute atomic E-state index is 0.901. The third-order valence-electron chi connectivity index (χ3n) is 5.47. The minimum Gasteiger partial charge on any atom is -0.456 e. The van der Waals surface area contributed by atoms with Gasteiger partial charge >= 0.3 is 0 Å². The lowest BCUT2D eigenvalue weighted by Gasteiger charge is -2.15. The standard InChI is InChI=1S/C27H19BrO/c1-17-7-3-4-8-21(17)24-16-20(28)12-13-22(24)18(2)19-11-14-27-25(15-19)23-9-5-6-10-26(23)29-27/h3-16H,2H2,1H3. The van der Waals surface area contributed by atoms with Gasteiger partial charge in [-0.1, -0.05) is 77.1 Å². The Morgan fingerprint density at radius 3 is 2.38 bits per heavy atom. The molecule has 0 atom stereocenters. The Hall–Kier alpha value is -3.10. The Balaban J connectivity index is 1.68. The maximum atomic E-state index is 5.98. The fraction of sp³-hybridized carbons (Fsp3) is 0.0370. The minimum atomic E-state index is 0.901. The van der Waals surface area contributed by atoms with E-state index < -0.39 is 0 Å². The van der Waals surface area contributed by atoms with E-state index in [1.54, 1.807) is 0 Å². The molecule has 0 saturated carbocycles. The number of fused-ring (bicyclic) bond motifs is 3. The zero-order valence-corrected chi connectivity index (χ0v) is 17.7. The molecule has 140 valence electrons. The van der Waals surface area contributed by atoms with Crippen molar-refractivity contribution >= 4 is 43.4 Å². The summed E-state index contributed by atoms with van der Waals surface area (Å²) in [5.41, 5.74) is 8.70. The van der Waals surface area contributed by atoms with Crippen molar-refractivity contribution in [2.24, 2.45) is 0 Å². The predicted octanol–water partition coefficient (Wildman–Crippen LogP) is 8.39. The summed E-state index contributed by atoms with van der Waals surface area (Å²) in [7, 11) is 0. The van der Waals surface area contributed by atoms with Crippen molar-refractivity contribution in [1.82, 2.24) is 0 Å². The molecular weight excluding hydrogens is 420 g/mol. The summed E-state index contributed by atoms with van der Waals surface area (Å²) in [6.45, 7) is 6.61. The molecule has 0 aliphatic heterocycles. The summed E-state index contributed by atoms with van der Waals surface area (Å²) >= 11 is 3.64. The van der Waals surface area contributed by atoms with Gasteiger partial charge in [-0.25, -0.2) is 0 Å². The molecule has 0 aliphatic carbocycles. The van der Waals surface area contributed by atoms with Crippen LogP contribution < -0.4 is 0 Å². The van der Waals surface area contributed by atoms with Crippen molar-refractivity contribution in [1.29, 1.82) is 0 Å². The van der Waals surface area contributed by atoms with Gasteiger partial charge in [0.05, 0.1) is 0 Å². The molecule has 1 nitrogen and oxygen atoms in total. The average Bonchev–Trinajstić information content (AvgIpc) is 3.11. The smallest absolute Gasteiger partial charge is 0.135 e. The van der Waals surface area contributed by atoms with Gasteiger partial charge in [-0.2, -0.15) is 0 Å². The molecule has 1 heterocycles. The maximum Gasteiger partial charge on any atom is 0.135 e. The van der Waals surface area contributed by atoms with E-state index in [9.17, 15) is 0 Å². The number of halogens is 1. The molecule has 1 aromatic heterocycles. The SMILES string of the molecule is C=C(c1ccc2oc3ccccc3c2c1)c1ccc(Br)cc1-c1ccccc1C. The molecule has 5 aromatic rings. The van der Waals surface area contributed by atoms with E-state index in [-0.39, 0.29) is 0 Å². The number of hydrogen-bond acceptors (Lipinski definition) is 1. The van der Waals surface area contributed by atoms with E-state index in [4.69, 9.17) is 4.42 Å². The van der Waals surface area contributed by atoms with Gasteiger partial charge in [0, 0.05) is 15.2 Å². The van der Waals surface area contributed by atoms with Gasteiger partial charge in [-0.3, -0.25) is 0 Å². The fourth-order valence-electron chi connectivity index (χ4n) is 3.95. The lowest BCUT2D eigenvalue weighted by molar-refractivity contribution is 0.669. The molecular formula is C27H19BrO. The van der Waals surface area contributed by atoms with Crippen LogP contribution in [0.25, 0.3) is 38.6 Å². The van der Waals surface area contributed by atoms with Crippen LogP contribution >= 0.6 is 15.9 Å². The van der Waals surface area contributed by atoms with Crippen LogP contribution in [0.1, 0.15) is 16.7 Å². The second kappa shape index (κ2) is 7.06. The van der Waals surface area contributed by atoms with E-state index in [1.165, 1.54) is 16.7 Å². The van der Waals surface area contributed by atoms with Gasteiger partial charge in [-0.15, -0.1) is 0 Å². The highest BCUT2D eigenvalue weighted by atomic mass is 79.9. The van der Waals surface area contributed by atoms with Crippen LogP contribution in [-0.4, -0.2) is 0 Å². The molecule has 0 spiro atoms. The molecule has 2 heteroatoms. The Kier molecular flexibility index (Phi) is 4.37. The van der Waals surface area contributed by atoms with E-state index in [2.05, 4.69) is 90.1 Å². The van der Waals surface area contributed by atoms with Gasteiger partial charge in [0.2, 0.25) is 0 Å². The van der Waals surface area contributed by atoms with Crippen LogP contribution in [0, 0.1) is 6.92 Å². The van der Waals surface area contributed by atoms with Crippen molar-refractivity contribution in [2.45, 2.75) is 6.92 Å². The summed E-state index contributed by atoms with van der Waals surface area (Å²) < 4.78 is 7.04. The molecule has 29 heavy (non-hydrogen) atoms. The van der Waals surface area contributed by atoms with Crippen molar-refractivity contribution < 1.29 is 4.42 Å². The zero-order valence-electron chi connectivity index (χ0n) is 16.1. The third kappa shape index (κ3) is 3.10. The number of rotatable bonds is 3. The summed E-state index contributed by atoms with van der Waals surface area (Å²) in [6, 6.07) is 29.3. The van der Waals surface area contributed by atoms with Gasteiger partial charge in [-0.05, 0) is 70.6 Å². The van der Waals surface area contributed by atoms with Crippen molar-refractivity contribution in [3.63, 3.8) is 0 Å². The highest BCUT2D eigenvalue weighted by Gasteiger charge is 2.14. The molecule has 0 bridgehead atoms. The van der Waals surface area contributed by atoms with Crippen LogP contribution in [0.3, 0.4) is 0 Å². The van der Waals surface area contributed by atoms with Crippen LogP contribution in [-0.2, 0) is 0 Å². The molecule has 5 rings (SSSR count). The number of para-hydroxylation sites is 1. The molecule has 0 aliphatic rings. The molecule has 0 radical (unpaired) electrons. The van der Waals surface area contributed by atoms with Crippen LogP contribution in [0.5, 0.6) is 0 Å². The normalized spacial score (nSPS) is 11.2. The number of hydrogen-bond donors (Lipinski definition) is 0. The predicted molar refractivity (Wildman–Crippen MR) is 126 cm³/mol. The van der Waals surface area contributed by atoms with Gasteiger partial charge in [0.25, 0.3) is 0 Å². The first-order valence-corrected chi connectivity index (χ1v) is 10.4. The molecule has 4 aromatic carbocycles. The quantitative estimate of drug-likeness (QED) is 0.275. The van der Waals surface area contributed by atoms with Crippen LogP contribution in [0.15, 0.2) is 100 Å². The van der Waals surface area contributed by atoms with Gasteiger partial charge < -0.3 is 4.42 Å². The molecule has 0 fully saturated rings. The average molecular weight is 439 g/mol. The Morgan fingerprint density at radius 2 is 1.52 bits per heavy atom. The van der Waals surface area contributed by atoms with E-state index in [0.717, 1.165) is 43.1 Å². The number of aryl methyl sites for hydroxylation is 1. The van der Waals surface area contributed by atoms with Crippen molar-refractivity contribution in [3.05, 3.63) is 113 Å². The lowest BCUT2D eigenvalue weighted by atomic mass is 9.89. The van der Waals surface area contributed by atoms with E-state index in [1.807, 2.05) is 24.3 Å². The largest absolute Gasteiger partial charge is 0.456 e.